The molecule has 2 aromatic carbocycles. The molecule has 0 aromatic heterocycles. The second-order valence-electron chi connectivity index (χ2n) is 6.17. The first-order valence-electron chi connectivity index (χ1n) is 8.25. The Labute approximate surface area is 157 Å². The Kier molecular flexibility index (Phi) is 6.94. The Morgan fingerprint density at radius 1 is 1.15 bits per heavy atom. The average Bonchev–Trinajstić information content (AvgIpc) is 2.63. The summed E-state index contributed by atoms with van der Waals surface area (Å²) < 4.78 is 32.4. The highest BCUT2D eigenvalue weighted by atomic mass is 35.5. The summed E-state index contributed by atoms with van der Waals surface area (Å²) in [7, 11) is 0. The van der Waals surface area contributed by atoms with Gasteiger partial charge in [-0.25, -0.2) is 8.78 Å². The maximum atomic E-state index is 13.5. The number of nitrogens with two attached hydrogens (primary N) is 1. The van der Waals surface area contributed by atoms with Crippen molar-refractivity contribution in [3.63, 3.8) is 0 Å². The number of hydrogen-bond acceptors (Lipinski definition) is 3. The molecule has 4 nitrogen and oxygen atoms in total. The Balaban J connectivity index is 0.00000243. The first-order valence-corrected chi connectivity index (χ1v) is 8.25. The third-order valence-corrected chi connectivity index (χ3v) is 4.24. The molecule has 1 heterocycles. The minimum atomic E-state index is -1.02. The number of carbonyl (C=O) groups is 1. The molecule has 2 aromatic rings. The van der Waals surface area contributed by atoms with E-state index in [1.54, 1.807) is 29.2 Å². The molecule has 2 unspecified atom stereocenters. The highest BCUT2D eigenvalue weighted by Crippen LogP contribution is 2.26. The molecule has 26 heavy (non-hydrogen) atoms. The molecular weight excluding hydrogens is 362 g/mol. The summed E-state index contributed by atoms with van der Waals surface area (Å²) in [6.45, 7) is 1.07. The lowest BCUT2D eigenvalue weighted by Gasteiger charge is -2.33. The molecular formula is C19H21ClF2N2O2. The van der Waals surface area contributed by atoms with Gasteiger partial charge in [-0.2, -0.15) is 0 Å². The molecule has 2 N–H and O–H groups in total. The monoisotopic (exact) mass is 382 g/mol. The first kappa shape index (κ1) is 20.1. The zero-order valence-corrected chi connectivity index (χ0v) is 14.9. The van der Waals surface area contributed by atoms with Gasteiger partial charge in [0, 0.05) is 30.8 Å². The van der Waals surface area contributed by atoms with Gasteiger partial charge in [-0.15, -0.1) is 12.4 Å². The van der Waals surface area contributed by atoms with E-state index < -0.39 is 17.7 Å². The Hall–Kier alpha value is -2.18. The molecule has 1 amide bonds. The van der Waals surface area contributed by atoms with Crippen molar-refractivity contribution in [3.05, 3.63) is 65.7 Å². The van der Waals surface area contributed by atoms with Crippen LogP contribution in [0.5, 0.6) is 5.75 Å². The van der Waals surface area contributed by atoms with E-state index in [4.69, 9.17) is 10.5 Å². The Bertz CT molecular complexity index is 746. The normalized spacial score (nSPS) is 18.0. The van der Waals surface area contributed by atoms with Crippen LogP contribution in [0.1, 0.15) is 24.5 Å². The molecule has 1 aliphatic rings. The maximum absolute atomic E-state index is 13.5. The number of likely N-dealkylation sites (tertiary alicyclic amines) is 1. The summed E-state index contributed by atoms with van der Waals surface area (Å²) in [5.74, 6) is -2.11. The van der Waals surface area contributed by atoms with Crippen molar-refractivity contribution in [1.82, 2.24) is 4.90 Å². The molecule has 0 saturated carbocycles. The molecule has 140 valence electrons. The summed E-state index contributed by atoms with van der Waals surface area (Å²) >= 11 is 0. The summed E-state index contributed by atoms with van der Waals surface area (Å²) in [6.07, 6.45) is 0.778. The number of rotatable bonds is 4. The van der Waals surface area contributed by atoms with Crippen LogP contribution in [0.4, 0.5) is 8.78 Å². The number of nitrogens with zero attached hydrogens (tertiary/aromatic N) is 1. The van der Waals surface area contributed by atoms with Crippen LogP contribution in [0.2, 0.25) is 0 Å². The Morgan fingerprint density at radius 2 is 1.88 bits per heavy atom. The highest BCUT2D eigenvalue weighted by molar-refractivity contribution is 5.85. The van der Waals surface area contributed by atoms with Crippen LogP contribution >= 0.6 is 12.4 Å². The van der Waals surface area contributed by atoms with E-state index in [2.05, 4.69) is 0 Å². The fraction of sp³-hybridized carbons (Fsp3) is 0.316. The zero-order valence-electron chi connectivity index (χ0n) is 14.1. The average molecular weight is 383 g/mol. The largest absolute Gasteiger partial charge is 0.476 e. The second-order valence-corrected chi connectivity index (χ2v) is 6.17. The standard InChI is InChI=1S/C19H20F2N2O2.ClH/c20-16-9-8-15(11-17(16)21)25-18(13-5-2-1-3-6-13)19(24)23-10-4-7-14(22)12-23;/h1-3,5-6,8-9,11,14,18H,4,7,10,12,22H2;1H. The molecule has 3 rings (SSSR count). The van der Waals surface area contributed by atoms with Crippen LogP contribution in [0.25, 0.3) is 0 Å². The lowest BCUT2D eigenvalue weighted by molar-refractivity contribution is -0.140. The van der Waals surface area contributed by atoms with Crippen molar-refractivity contribution in [2.45, 2.75) is 25.0 Å². The molecule has 0 spiro atoms. The topological polar surface area (TPSA) is 55.6 Å². The van der Waals surface area contributed by atoms with Crippen LogP contribution in [-0.2, 0) is 4.79 Å². The van der Waals surface area contributed by atoms with Gasteiger partial charge in [-0.05, 0) is 25.0 Å². The molecule has 7 heteroatoms. The van der Waals surface area contributed by atoms with Crippen LogP contribution < -0.4 is 10.5 Å². The summed E-state index contributed by atoms with van der Waals surface area (Å²) in [5, 5.41) is 0. The van der Waals surface area contributed by atoms with Gasteiger partial charge in [-0.1, -0.05) is 30.3 Å². The van der Waals surface area contributed by atoms with Crippen molar-refractivity contribution in [2.24, 2.45) is 5.73 Å². The lowest BCUT2D eigenvalue weighted by Crippen LogP contribution is -2.48. The van der Waals surface area contributed by atoms with E-state index in [1.165, 1.54) is 6.07 Å². The van der Waals surface area contributed by atoms with Gasteiger partial charge in [-0.3, -0.25) is 4.79 Å². The predicted octanol–water partition coefficient (Wildman–Crippen LogP) is 3.46. The molecule has 1 aliphatic heterocycles. The van der Waals surface area contributed by atoms with Crippen molar-refractivity contribution in [3.8, 4) is 5.75 Å². The SMILES string of the molecule is Cl.NC1CCCN(C(=O)C(Oc2ccc(F)c(F)c2)c2ccccc2)C1. The number of carbonyl (C=O) groups excluding carboxylic acids is 1. The third-order valence-electron chi connectivity index (χ3n) is 4.24. The molecule has 1 fully saturated rings. The third kappa shape index (κ3) is 4.71. The van der Waals surface area contributed by atoms with Gasteiger partial charge in [0.15, 0.2) is 11.6 Å². The van der Waals surface area contributed by atoms with Crippen LogP contribution in [0.15, 0.2) is 48.5 Å². The van der Waals surface area contributed by atoms with E-state index in [-0.39, 0.29) is 30.1 Å². The van der Waals surface area contributed by atoms with Crippen LogP contribution in [0, 0.1) is 11.6 Å². The van der Waals surface area contributed by atoms with Gasteiger partial charge >= 0.3 is 0 Å². The fourth-order valence-corrected chi connectivity index (χ4v) is 2.95. The van der Waals surface area contributed by atoms with E-state index in [9.17, 15) is 13.6 Å². The molecule has 1 saturated heterocycles. The molecule has 0 bridgehead atoms. The molecule has 2 atom stereocenters. The maximum Gasteiger partial charge on any atom is 0.268 e. The Morgan fingerprint density at radius 3 is 2.54 bits per heavy atom. The van der Waals surface area contributed by atoms with Gasteiger partial charge < -0.3 is 15.4 Å². The van der Waals surface area contributed by atoms with Crippen molar-refractivity contribution < 1.29 is 18.3 Å². The number of piperidine rings is 1. The summed E-state index contributed by atoms with van der Waals surface area (Å²) in [6, 6.07) is 12.1. The van der Waals surface area contributed by atoms with Gasteiger partial charge in [0.25, 0.3) is 5.91 Å². The van der Waals surface area contributed by atoms with Gasteiger partial charge in [0.05, 0.1) is 0 Å². The van der Waals surface area contributed by atoms with E-state index >= 15 is 0 Å². The van der Waals surface area contributed by atoms with E-state index in [0.717, 1.165) is 25.0 Å². The first-order chi connectivity index (χ1) is 12.0. The summed E-state index contributed by atoms with van der Waals surface area (Å²) in [4.78, 5) is 14.7. The molecule has 0 aliphatic carbocycles. The fourth-order valence-electron chi connectivity index (χ4n) is 2.95. The van der Waals surface area contributed by atoms with Crippen molar-refractivity contribution >= 4 is 18.3 Å². The lowest BCUT2D eigenvalue weighted by atomic mass is 10.0. The molecule has 0 radical (unpaired) electrons. The minimum Gasteiger partial charge on any atom is -0.476 e. The van der Waals surface area contributed by atoms with Crippen LogP contribution in [-0.4, -0.2) is 29.9 Å². The number of ether oxygens (including phenoxy) is 1. The number of benzene rings is 2. The van der Waals surface area contributed by atoms with E-state index in [0.29, 0.717) is 18.7 Å². The predicted molar refractivity (Wildman–Crippen MR) is 97.2 cm³/mol. The van der Waals surface area contributed by atoms with Crippen molar-refractivity contribution in [1.29, 1.82) is 0 Å². The minimum absolute atomic E-state index is 0. The van der Waals surface area contributed by atoms with Gasteiger partial charge in [0.2, 0.25) is 6.10 Å². The smallest absolute Gasteiger partial charge is 0.268 e. The zero-order chi connectivity index (χ0) is 17.8. The quantitative estimate of drug-likeness (QED) is 0.881. The number of amides is 1. The number of halogens is 3. The van der Waals surface area contributed by atoms with Crippen molar-refractivity contribution in [2.75, 3.05) is 13.1 Å². The van der Waals surface area contributed by atoms with Crippen LogP contribution in [0.3, 0.4) is 0 Å². The number of hydrogen-bond donors (Lipinski definition) is 1. The van der Waals surface area contributed by atoms with E-state index in [1.807, 2.05) is 6.07 Å². The summed E-state index contributed by atoms with van der Waals surface area (Å²) in [5.41, 5.74) is 6.61. The second kappa shape index (κ2) is 8.96. The van der Waals surface area contributed by atoms with Gasteiger partial charge in [0.1, 0.15) is 5.75 Å². The highest BCUT2D eigenvalue weighted by Gasteiger charge is 2.30.